The minimum atomic E-state index is -0.630. The molecule has 1 aromatic carbocycles. The van der Waals surface area contributed by atoms with E-state index >= 15 is 0 Å². The van der Waals surface area contributed by atoms with Gasteiger partial charge in [0, 0.05) is 18.9 Å². The smallest absolute Gasteiger partial charge is 0.141 e. The summed E-state index contributed by atoms with van der Waals surface area (Å²) in [7, 11) is 0. The molecule has 0 heterocycles. The molecule has 1 aromatic rings. The SMILES string of the molecule is O=C(CC1=CCCCC1)Cc1cc(F)cc(F)c1. The van der Waals surface area contributed by atoms with Crippen molar-refractivity contribution in [1.29, 1.82) is 0 Å². The average Bonchev–Trinajstić information content (AvgIpc) is 2.28. The summed E-state index contributed by atoms with van der Waals surface area (Å²) in [5, 5.41) is 0. The Morgan fingerprint density at radius 3 is 2.39 bits per heavy atom. The molecule has 96 valence electrons. The van der Waals surface area contributed by atoms with Crippen molar-refractivity contribution in [2.45, 2.75) is 38.5 Å². The van der Waals surface area contributed by atoms with Gasteiger partial charge in [-0.05, 0) is 43.4 Å². The minimum Gasteiger partial charge on any atom is -0.299 e. The van der Waals surface area contributed by atoms with E-state index in [4.69, 9.17) is 0 Å². The van der Waals surface area contributed by atoms with Crippen LogP contribution in [0.25, 0.3) is 0 Å². The number of carbonyl (C=O) groups excluding carboxylic acids is 1. The van der Waals surface area contributed by atoms with Crippen LogP contribution in [0.4, 0.5) is 8.78 Å². The molecule has 0 N–H and O–H groups in total. The van der Waals surface area contributed by atoms with Crippen LogP contribution >= 0.6 is 0 Å². The molecule has 0 spiro atoms. The van der Waals surface area contributed by atoms with Crippen molar-refractivity contribution >= 4 is 5.78 Å². The van der Waals surface area contributed by atoms with Crippen molar-refractivity contribution in [3.05, 3.63) is 47.0 Å². The molecule has 0 saturated carbocycles. The highest BCUT2D eigenvalue weighted by Crippen LogP contribution is 2.21. The molecule has 0 fully saturated rings. The first-order valence-corrected chi connectivity index (χ1v) is 6.28. The van der Waals surface area contributed by atoms with Gasteiger partial charge in [0.25, 0.3) is 0 Å². The van der Waals surface area contributed by atoms with Crippen LogP contribution in [0, 0.1) is 11.6 Å². The number of rotatable bonds is 4. The summed E-state index contributed by atoms with van der Waals surface area (Å²) >= 11 is 0. The Kier molecular flexibility index (Phi) is 4.24. The predicted molar refractivity (Wildman–Crippen MR) is 66.2 cm³/mol. The number of allylic oxidation sites excluding steroid dienone is 2. The lowest BCUT2D eigenvalue weighted by Gasteiger charge is -2.11. The molecule has 1 aliphatic rings. The minimum absolute atomic E-state index is 0.0214. The lowest BCUT2D eigenvalue weighted by Crippen LogP contribution is -2.06. The first kappa shape index (κ1) is 12.9. The number of Topliss-reactive ketones (excluding diaryl/α,β-unsaturated/α-hetero) is 1. The van der Waals surface area contributed by atoms with E-state index in [0.717, 1.165) is 25.3 Å². The standard InChI is InChI=1S/C15H16F2O/c16-13-6-12(7-14(17)10-13)9-15(18)8-11-4-2-1-3-5-11/h4,6-7,10H,1-3,5,8-9H2. The largest absolute Gasteiger partial charge is 0.299 e. The van der Waals surface area contributed by atoms with Gasteiger partial charge in [-0.25, -0.2) is 8.78 Å². The zero-order chi connectivity index (χ0) is 13.0. The Bertz CT molecular complexity index is 457. The Balaban J connectivity index is 1.96. The van der Waals surface area contributed by atoms with Crippen molar-refractivity contribution < 1.29 is 13.6 Å². The summed E-state index contributed by atoms with van der Waals surface area (Å²) in [6.07, 6.45) is 6.97. The van der Waals surface area contributed by atoms with Crippen molar-refractivity contribution in [2.24, 2.45) is 0 Å². The van der Waals surface area contributed by atoms with Gasteiger partial charge < -0.3 is 0 Å². The van der Waals surface area contributed by atoms with E-state index in [1.54, 1.807) is 0 Å². The van der Waals surface area contributed by atoms with Crippen molar-refractivity contribution in [2.75, 3.05) is 0 Å². The quantitative estimate of drug-likeness (QED) is 0.739. The van der Waals surface area contributed by atoms with E-state index in [2.05, 4.69) is 6.08 Å². The molecule has 0 unspecified atom stereocenters. The topological polar surface area (TPSA) is 17.1 Å². The number of hydrogen-bond donors (Lipinski definition) is 0. The molecule has 1 nitrogen and oxygen atoms in total. The zero-order valence-electron chi connectivity index (χ0n) is 10.2. The van der Waals surface area contributed by atoms with Crippen LogP contribution in [0.3, 0.4) is 0 Å². The van der Waals surface area contributed by atoms with E-state index in [0.29, 0.717) is 12.0 Å². The molecular formula is C15H16F2O. The summed E-state index contributed by atoms with van der Waals surface area (Å²) in [5.41, 5.74) is 1.58. The Morgan fingerprint density at radius 2 is 1.78 bits per heavy atom. The fourth-order valence-corrected chi connectivity index (χ4v) is 2.32. The van der Waals surface area contributed by atoms with Gasteiger partial charge in [0.1, 0.15) is 17.4 Å². The first-order chi connectivity index (χ1) is 8.63. The third-order valence-electron chi connectivity index (χ3n) is 3.13. The maximum absolute atomic E-state index is 13.0. The molecule has 0 aliphatic heterocycles. The number of halogens is 2. The fraction of sp³-hybridized carbons (Fsp3) is 0.400. The predicted octanol–water partition coefficient (Wildman–Crippen LogP) is 3.97. The molecule has 0 bridgehead atoms. The van der Waals surface area contributed by atoms with Crippen LogP contribution in [0.5, 0.6) is 0 Å². The molecule has 0 aromatic heterocycles. The second kappa shape index (κ2) is 5.89. The fourth-order valence-electron chi connectivity index (χ4n) is 2.32. The van der Waals surface area contributed by atoms with Crippen LogP contribution in [0.2, 0.25) is 0 Å². The highest BCUT2D eigenvalue weighted by Gasteiger charge is 2.11. The maximum Gasteiger partial charge on any atom is 0.141 e. The molecule has 0 atom stereocenters. The Labute approximate surface area is 106 Å². The highest BCUT2D eigenvalue weighted by atomic mass is 19.1. The maximum atomic E-state index is 13.0. The molecule has 1 aliphatic carbocycles. The molecular weight excluding hydrogens is 234 g/mol. The lowest BCUT2D eigenvalue weighted by molar-refractivity contribution is -0.117. The highest BCUT2D eigenvalue weighted by molar-refractivity contribution is 5.83. The van der Waals surface area contributed by atoms with Crippen LogP contribution in [0.1, 0.15) is 37.7 Å². The second-order valence-electron chi connectivity index (χ2n) is 4.78. The van der Waals surface area contributed by atoms with E-state index in [1.165, 1.54) is 24.1 Å². The van der Waals surface area contributed by atoms with Gasteiger partial charge in [-0.2, -0.15) is 0 Å². The van der Waals surface area contributed by atoms with Crippen molar-refractivity contribution in [3.8, 4) is 0 Å². The zero-order valence-corrected chi connectivity index (χ0v) is 10.2. The summed E-state index contributed by atoms with van der Waals surface area (Å²) in [4.78, 5) is 11.8. The number of hydrogen-bond acceptors (Lipinski definition) is 1. The van der Waals surface area contributed by atoms with E-state index in [9.17, 15) is 13.6 Å². The Morgan fingerprint density at radius 1 is 1.06 bits per heavy atom. The molecule has 0 amide bonds. The van der Waals surface area contributed by atoms with Crippen LogP contribution in [-0.2, 0) is 11.2 Å². The molecule has 0 radical (unpaired) electrons. The monoisotopic (exact) mass is 250 g/mol. The number of ketones is 1. The molecule has 18 heavy (non-hydrogen) atoms. The first-order valence-electron chi connectivity index (χ1n) is 6.28. The van der Waals surface area contributed by atoms with Gasteiger partial charge in [0.15, 0.2) is 0 Å². The number of benzene rings is 1. The van der Waals surface area contributed by atoms with E-state index in [1.807, 2.05) is 0 Å². The average molecular weight is 250 g/mol. The number of carbonyl (C=O) groups is 1. The summed E-state index contributed by atoms with van der Waals surface area (Å²) in [6.45, 7) is 0. The molecule has 0 saturated heterocycles. The lowest BCUT2D eigenvalue weighted by atomic mass is 9.94. The third kappa shape index (κ3) is 3.76. The van der Waals surface area contributed by atoms with Gasteiger partial charge in [0.05, 0.1) is 0 Å². The van der Waals surface area contributed by atoms with Gasteiger partial charge in [-0.15, -0.1) is 0 Å². The summed E-state index contributed by atoms with van der Waals surface area (Å²) < 4.78 is 25.9. The molecule has 2 rings (SSSR count). The summed E-state index contributed by atoms with van der Waals surface area (Å²) in [5.74, 6) is -1.24. The van der Waals surface area contributed by atoms with Gasteiger partial charge in [-0.3, -0.25) is 4.79 Å². The van der Waals surface area contributed by atoms with Crippen LogP contribution < -0.4 is 0 Å². The summed E-state index contributed by atoms with van der Waals surface area (Å²) in [6, 6.07) is 3.25. The van der Waals surface area contributed by atoms with E-state index in [-0.39, 0.29) is 12.2 Å². The molecule has 3 heteroatoms. The Hall–Kier alpha value is -1.51. The van der Waals surface area contributed by atoms with Gasteiger partial charge >= 0.3 is 0 Å². The van der Waals surface area contributed by atoms with Crippen molar-refractivity contribution in [1.82, 2.24) is 0 Å². The second-order valence-corrected chi connectivity index (χ2v) is 4.78. The van der Waals surface area contributed by atoms with Crippen molar-refractivity contribution in [3.63, 3.8) is 0 Å². The normalized spacial score (nSPS) is 15.3. The van der Waals surface area contributed by atoms with Crippen LogP contribution in [-0.4, -0.2) is 5.78 Å². The van der Waals surface area contributed by atoms with Gasteiger partial charge in [0.2, 0.25) is 0 Å². The van der Waals surface area contributed by atoms with Gasteiger partial charge in [-0.1, -0.05) is 11.6 Å². The third-order valence-corrected chi connectivity index (χ3v) is 3.13. The van der Waals surface area contributed by atoms with E-state index < -0.39 is 11.6 Å². The van der Waals surface area contributed by atoms with Crippen LogP contribution in [0.15, 0.2) is 29.8 Å².